The Labute approximate surface area is 145 Å². The largest absolute Gasteiger partial charge is 0.321 e. The molecule has 0 aromatic heterocycles. The van der Waals surface area contributed by atoms with E-state index in [1.807, 2.05) is 32.0 Å². The summed E-state index contributed by atoms with van der Waals surface area (Å²) in [5, 5.41) is 12.9. The van der Waals surface area contributed by atoms with Crippen LogP contribution < -0.4 is 5.32 Å². The van der Waals surface area contributed by atoms with Crippen LogP contribution in [-0.2, 0) is 4.79 Å². The smallest absolute Gasteiger partial charge is 0.266 e. The molecule has 2 aromatic rings. The molecule has 1 amide bonds. The number of amides is 1. The third-order valence-corrected chi connectivity index (χ3v) is 4.04. The number of aryl methyl sites for hydroxylation is 1. The van der Waals surface area contributed by atoms with Crippen LogP contribution in [0.15, 0.2) is 42.0 Å². The van der Waals surface area contributed by atoms with Crippen LogP contribution in [0, 0.1) is 25.2 Å². The Kier molecular flexibility index (Phi) is 5.44. The molecular weight excluding hydrogens is 331 g/mol. The lowest BCUT2D eigenvalue weighted by Crippen LogP contribution is -2.14. The molecule has 0 atom stereocenters. The Bertz CT molecular complexity index is 835. The SMILES string of the molecule is Cc1cccc(NC(=O)/C(C#N)=C\c2ccc(Cl)cc2Cl)c1C. The molecule has 0 bridgehead atoms. The van der Waals surface area contributed by atoms with Crippen LogP contribution in [0.4, 0.5) is 5.69 Å². The molecule has 0 spiro atoms. The van der Waals surface area contributed by atoms with E-state index in [-0.39, 0.29) is 5.57 Å². The van der Waals surface area contributed by atoms with Gasteiger partial charge in [0.15, 0.2) is 0 Å². The van der Waals surface area contributed by atoms with E-state index in [9.17, 15) is 10.1 Å². The van der Waals surface area contributed by atoms with Crippen LogP contribution >= 0.6 is 23.2 Å². The van der Waals surface area contributed by atoms with Crippen LogP contribution in [0.5, 0.6) is 0 Å². The summed E-state index contributed by atoms with van der Waals surface area (Å²) in [6.45, 7) is 3.87. The van der Waals surface area contributed by atoms with E-state index >= 15 is 0 Å². The summed E-state index contributed by atoms with van der Waals surface area (Å²) in [6.07, 6.45) is 1.44. The van der Waals surface area contributed by atoms with Gasteiger partial charge in [-0.1, -0.05) is 41.4 Å². The average Bonchev–Trinajstić information content (AvgIpc) is 2.51. The summed E-state index contributed by atoms with van der Waals surface area (Å²) in [5.74, 6) is -0.479. The average molecular weight is 345 g/mol. The van der Waals surface area contributed by atoms with Crippen molar-refractivity contribution in [3.63, 3.8) is 0 Å². The third-order valence-electron chi connectivity index (χ3n) is 3.48. The third kappa shape index (κ3) is 4.13. The Morgan fingerprint density at radius 2 is 1.96 bits per heavy atom. The van der Waals surface area contributed by atoms with Crippen LogP contribution in [0.1, 0.15) is 16.7 Å². The van der Waals surface area contributed by atoms with Gasteiger partial charge in [-0.2, -0.15) is 5.26 Å². The van der Waals surface area contributed by atoms with E-state index in [0.717, 1.165) is 11.1 Å². The van der Waals surface area contributed by atoms with Crippen LogP contribution in [0.3, 0.4) is 0 Å². The lowest BCUT2D eigenvalue weighted by molar-refractivity contribution is -0.112. The standard InChI is InChI=1S/C18H14Cl2N2O/c1-11-4-3-5-17(12(11)2)22-18(23)14(10-21)8-13-6-7-15(19)9-16(13)20/h3-9H,1-2H3,(H,22,23)/b14-8-. The molecule has 1 N–H and O–H groups in total. The van der Waals surface area contributed by atoms with Crippen molar-refractivity contribution in [2.75, 3.05) is 5.32 Å². The van der Waals surface area contributed by atoms with Gasteiger partial charge in [0.05, 0.1) is 0 Å². The first-order valence-electron chi connectivity index (χ1n) is 6.87. The van der Waals surface area contributed by atoms with Crippen molar-refractivity contribution in [2.45, 2.75) is 13.8 Å². The summed E-state index contributed by atoms with van der Waals surface area (Å²) < 4.78 is 0. The molecule has 0 radical (unpaired) electrons. The first kappa shape index (κ1) is 17.1. The number of carbonyl (C=O) groups excluding carboxylic acids is 1. The first-order valence-corrected chi connectivity index (χ1v) is 7.62. The second kappa shape index (κ2) is 7.32. The van der Waals surface area contributed by atoms with Gasteiger partial charge in [-0.25, -0.2) is 0 Å². The van der Waals surface area contributed by atoms with E-state index in [4.69, 9.17) is 23.2 Å². The number of hydrogen-bond acceptors (Lipinski definition) is 2. The van der Waals surface area contributed by atoms with Crippen molar-refractivity contribution in [1.82, 2.24) is 0 Å². The molecular formula is C18H14Cl2N2O. The molecule has 0 heterocycles. The van der Waals surface area contributed by atoms with E-state index in [1.54, 1.807) is 24.3 Å². The van der Waals surface area contributed by atoms with Crippen LogP contribution in [-0.4, -0.2) is 5.91 Å². The van der Waals surface area contributed by atoms with Gasteiger partial charge in [-0.3, -0.25) is 4.79 Å². The summed E-state index contributed by atoms with van der Waals surface area (Å²) in [5.41, 5.74) is 3.23. The molecule has 0 aliphatic rings. The molecule has 2 rings (SSSR count). The van der Waals surface area contributed by atoms with Crippen molar-refractivity contribution in [3.8, 4) is 6.07 Å². The summed E-state index contributed by atoms with van der Waals surface area (Å²) in [6, 6.07) is 12.4. The quantitative estimate of drug-likeness (QED) is 0.617. The fraction of sp³-hybridized carbons (Fsp3) is 0.111. The summed E-state index contributed by atoms with van der Waals surface area (Å²) in [7, 11) is 0. The maximum Gasteiger partial charge on any atom is 0.266 e. The van der Waals surface area contributed by atoms with Gasteiger partial charge < -0.3 is 5.32 Å². The molecule has 0 aliphatic carbocycles. The minimum Gasteiger partial charge on any atom is -0.321 e. The Hall–Kier alpha value is -2.28. The van der Waals surface area contributed by atoms with E-state index in [1.165, 1.54) is 6.08 Å². The number of nitrogens with one attached hydrogen (secondary N) is 1. The van der Waals surface area contributed by atoms with Crippen LogP contribution in [0.25, 0.3) is 6.08 Å². The lowest BCUT2D eigenvalue weighted by Gasteiger charge is -2.10. The number of nitrogens with zero attached hydrogens (tertiary/aromatic N) is 1. The fourth-order valence-corrected chi connectivity index (χ4v) is 2.46. The van der Waals surface area contributed by atoms with Gasteiger partial charge in [0.2, 0.25) is 0 Å². The van der Waals surface area contributed by atoms with Crippen LogP contribution in [0.2, 0.25) is 10.0 Å². The summed E-state index contributed by atoms with van der Waals surface area (Å²) >= 11 is 11.9. The number of anilines is 1. The number of nitriles is 1. The second-order valence-electron chi connectivity index (χ2n) is 5.04. The second-order valence-corrected chi connectivity index (χ2v) is 5.88. The van der Waals surface area contributed by atoms with Crippen molar-refractivity contribution in [2.24, 2.45) is 0 Å². The zero-order valence-corrected chi connectivity index (χ0v) is 14.2. The minimum atomic E-state index is -0.479. The predicted molar refractivity (Wildman–Crippen MR) is 94.6 cm³/mol. The summed E-state index contributed by atoms with van der Waals surface area (Å²) in [4.78, 5) is 12.3. The molecule has 2 aromatic carbocycles. The Morgan fingerprint density at radius 1 is 1.22 bits per heavy atom. The molecule has 0 unspecified atom stereocenters. The van der Waals surface area contributed by atoms with Crippen molar-refractivity contribution in [3.05, 3.63) is 68.7 Å². The fourth-order valence-electron chi connectivity index (χ4n) is 2.00. The molecule has 3 nitrogen and oxygen atoms in total. The van der Waals surface area contributed by atoms with Gasteiger partial charge in [-0.15, -0.1) is 0 Å². The molecule has 0 aliphatic heterocycles. The maximum atomic E-state index is 12.3. The van der Waals surface area contributed by atoms with Crippen molar-refractivity contribution >= 4 is 40.9 Å². The van der Waals surface area contributed by atoms with Gasteiger partial charge in [-0.05, 0) is 54.8 Å². The monoisotopic (exact) mass is 344 g/mol. The Morgan fingerprint density at radius 3 is 2.61 bits per heavy atom. The predicted octanol–water partition coefficient (Wildman–Crippen LogP) is 5.16. The minimum absolute atomic E-state index is 0.0323. The van der Waals surface area contributed by atoms with Crippen molar-refractivity contribution in [1.29, 1.82) is 5.26 Å². The van der Waals surface area contributed by atoms with E-state index < -0.39 is 5.91 Å². The molecule has 23 heavy (non-hydrogen) atoms. The van der Waals surface area contributed by atoms with Gasteiger partial charge >= 0.3 is 0 Å². The van der Waals surface area contributed by atoms with Gasteiger partial charge in [0.1, 0.15) is 11.6 Å². The van der Waals surface area contributed by atoms with Gasteiger partial charge in [0.25, 0.3) is 5.91 Å². The number of halogens is 2. The molecule has 5 heteroatoms. The van der Waals surface area contributed by atoms with Crippen molar-refractivity contribution < 1.29 is 4.79 Å². The first-order chi connectivity index (χ1) is 10.9. The number of carbonyl (C=O) groups is 1. The molecule has 116 valence electrons. The van der Waals surface area contributed by atoms with Gasteiger partial charge in [0, 0.05) is 15.7 Å². The lowest BCUT2D eigenvalue weighted by atomic mass is 10.1. The topological polar surface area (TPSA) is 52.9 Å². The van der Waals surface area contributed by atoms with E-state index in [2.05, 4.69) is 5.32 Å². The number of benzene rings is 2. The van der Waals surface area contributed by atoms with E-state index in [0.29, 0.717) is 21.3 Å². The molecule has 0 saturated heterocycles. The highest BCUT2D eigenvalue weighted by Crippen LogP contribution is 2.24. The Balaban J connectivity index is 2.30. The molecule has 0 saturated carbocycles. The number of rotatable bonds is 3. The zero-order chi connectivity index (χ0) is 17.0. The maximum absolute atomic E-state index is 12.3. The molecule has 0 fully saturated rings. The number of hydrogen-bond donors (Lipinski definition) is 1. The highest BCUT2D eigenvalue weighted by atomic mass is 35.5. The highest BCUT2D eigenvalue weighted by molar-refractivity contribution is 6.35. The normalized spacial score (nSPS) is 11.0. The highest BCUT2D eigenvalue weighted by Gasteiger charge is 2.12. The zero-order valence-electron chi connectivity index (χ0n) is 12.7.